The number of ether oxygens (including phenoxy) is 1. The molecule has 0 aliphatic rings. The van der Waals surface area contributed by atoms with Gasteiger partial charge in [0.2, 0.25) is 0 Å². The number of benzene rings is 1. The average molecular weight is 251 g/mol. The fourth-order valence-corrected chi connectivity index (χ4v) is 1.04. The summed E-state index contributed by atoms with van der Waals surface area (Å²) in [5.41, 5.74) is 0.436. The third-order valence-corrected chi connectivity index (χ3v) is 1.91. The van der Waals surface area contributed by atoms with Gasteiger partial charge in [0.05, 0.1) is 5.71 Å². The second kappa shape index (κ2) is 5.03. The van der Waals surface area contributed by atoms with E-state index in [-0.39, 0.29) is 11.3 Å². The number of alkyl halides is 4. The molecule has 1 N–H and O–H groups in total. The molecule has 0 aromatic heterocycles. The Morgan fingerprint density at radius 2 is 2.06 bits per heavy atom. The van der Waals surface area contributed by atoms with Crippen LogP contribution in [-0.4, -0.2) is 23.5 Å². The van der Waals surface area contributed by atoms with Crippen molar-refractivity contribution in [3.05, 3.63) is 29.8 Å². The molecule has 0 fully saturated rings. The van der Waals surface area contributed by atoms with E-state index in [0.29, 0.717) is 0 Å². The standard InChI is InChI=1S/C10H9F4NO2/c1-6(15-16)7-3-2-4-8(5-7)17-10(13,14)9(11)12/h2-5,9,16H,1H3. The minimum atomic E-state index is -4.55. The van der Waals surface area contributed by atoms with Crippen LogP contribution in [0, 0.1) is 0 Å². The third kappa shape index (κ3) is 3.33. The Labute approximate surface area is 94.3 Å². The molecular weight excluding hydrogens is 242 g/mol. The molecule has 94 valence electrons. The van der Waals surface area contributed by atoms with E-state index in [1.165, 1.54) is 19.1 Å². The van der Waals surface area contributed by atoms with Crippen LogP contribution in [0.1, 0.15) is 12.5 Å². The highest BCUT2D eigenvalue weighted by Gasteiger charge is 2.43. The topological polar surface area (TPSA) is 41.8 Å². The second-order valence-corrected chi connectivity index (χ2v) is 3.18. The van der Waals surface area contributed by atoms with Crippen LogP contribution in [-0.2, 0) is 0 Å². The monoisotopic (exact) mass is 251 g/mol. The third-order valence-electron chi connectivity index (χ3n) is 1.91. The molecule has 17 heavy (non-hydrogen) atoms. The Bertz CT molecular complexity index is 421. The highest BCUT2D eigenvalue weighted by molar-refractivity contribution is 5.98. The zero-order valence-electron chi connectivity index (χ0n) is 8.70. The summed E-state index contributed by atoms with van der Waals surface area (Å²) in [6.07, 6.45) is -8.47. The van der Waals surface area contributed by atoms with Crippen LogP contribution in [0.5, 0.6) is 5.75 Å². The summed E-state index contributed by atoms with van der Waals surface area (Å²) >= 11 is 0. The number of halogens is 4. The molecule has 0 aliphatic carbocycles. The summed E-state index contributed by atoms with van der Waals surface area (Å²) in [5.74, 6) is -0.434. The summed E-state index contributed by atoms with van der Waals surface area (Å²) in [5, 5.41) is 11.3. The molecule has 0 aliphatic heterocycles. The van der Waals surface area contributed by atoms with Crippen LogP contribution in [0.15, 0.2) is 29.4 Å². The second-order valence-electron chi connectivity index (χ2n) is 3.18. The van der Waals surface area contributed by atoms with Crippen molar-refractivity contribution in [2.24, 2.45) is 5.16 Å². The largest absolute Gasteiger partial charge is 0.461 e. The first-order valence-corrected chi connectivity index (χ1v) is 4.51. The van der Waals surface area contributed by atoms with E-state index >= 15 is 0 Å². The number of hydrogen-bond donors (Lipinski definition) is 1. The van der Waals surface area contributed by atoms with Crippen molar-refractivity contribution in [3.8, 4) is 5.75 Å². The van der Waals surface area contributed by atoms with Crippen molar-refractivity contribution in [2.75, 3.05) is 0 Å². The maximum Gasteiger partial charge on any atom is 0.461 e. The van der Waals surface area contributed by atoms with Crippen LogP contribution in [0.2, 0.25) is 0 Å². The lowest BCUT2D eigenvalue weighted by Gasteiger charge is -2.17. The Morgan fingerprint density at radius 3 is 2.59 bits per heavy atom. The van der Waals surface area contributed by atoms with Gasteiger partial charge in [-0.15, -0.1) is 0 Å². The number of hydrogen-bond acceptors (Lipinski definition) is 3. The molecule has 0 spiro atoms. The van der Waals surface area contributed by atoms with Crippen LogP contribution in [0.25, 0.3) is 0 Å². The van der Waals surface area contributed by atoms with Crippen LogP contribution in [0.3, 0.4) is 0 Å². The van der Waals surface area contributed by atoms with Crippen molar-refractivity contribution >= 4 is 5.71 Å². The maximum atomic E-state index is 12.6. The average Bonchev–Trinajstić information content (AvgIpc) is 2.27. The predicted octanol–water partition coefficient (Wildman–Crippen LogP) is 3.12. The minimum Gasteiger partial charge on any atom is -0.428 e. The molecule has 0 amide bonds. The fourth-order valence-electron chi connectivity index (χ4n) is 1.04. The van der Waals surface area contributed by atoms with Crippen molar-refractivity contribution in [2.45, 2.75) is 19.5 Å². The zero-order chi connectivity index (χ0) is 13.1. The van der Waals surface area contributed by atoms with E-state index in [2.05, 4.69) is 9.89 Å². The Balaban J connectivity index is 2.94. The van der Waals surface area contributed by atoms with Crippen LogP contribution >= 0.6 is 0 Å². The van der Waals surface area contributed by atoms with E-state index in [1.807, 2.05) is 0 Å². The number of rotatable bonds is 4. The zero-order valence-corrected chi connectivity index (χ0v) is 8.70. The molecule has 0 unspecified atom stereocenters. The molecular formula is C10H9F4NO2. The van der Waals surface area contributed by atoms with Gasteiger partial charge in [-0.25, -0.2) is 0 Å². The summed E-state index contributed by atoms with van der Waals surface area (Å²) < 4.78 is 52.8. The molecule has 0 atom stereocenters. The quantitative estimate of drug-likeness (QED) is 0.386. The van der Waals surface area contributed by atoms with Crippen molar-refractivity contribution in [3.63, 3.8) is 0 Å². The SMILES string of the molecule is CC(=NO)c1cccc(OC(F)(F)C(F)F)c1. The molecule has 1 aromatic carbocycles. The van der Waals surface area contributed by atoms with E-state index in [1.54, 1.807) is 0 Å². The van der Waals surface area contributed by atoms with Gasteiger partial charge in [0.25, 0.3) is 0 Å². The van der Waals surface area contributed by atoms with E-state index in [0.717, 1.165) is 12.1 Å². The molecule has 3 nitrogen and oxygen atoms in total. The normalized spacial score (nSPS) is 12.9. The Morgan fingerprint density at radius 1 is 1.41 bits per heavy atom. The van der Waals surface area contributed by atoms with E-state index in [9.17, 15) is 17.6 Å². The summed E-state index contributed by atoms with van der Waals surface area (Å²) in [6.45, 7) is 1.42. The van der Waals surface area contributed by atoms with Crippen molar-refractivity contribution in [1.82, 2.24) is 0 Å². The first-order valence-electron chi connectivity index (χ1n) is 4.51. The highest BCUT2D eigenvalue weighted by atomic mass is 19.3. The Hall–Kier alpha value is -1.79. The minimum absolute atomic E-state index is 0.149. The van der Waals surface area contributed by atoms with E-state index in [4.69, 9.17) is 5.21 Å². The van der Waals surface area contributed by atoms with Crippen molar-refractivity contribution < 1.29 is 27.5 Å². The lowest BCUT2D eigenvalue weighted by atomic mass is 10.1. The number of oxime groups is 1. The molecule has 1 rings (SSSR count). The van der Waals surface area contributed by atoms with Gasteiger partial charge >= 0.3 is 12.5 Å². The van der Waals surface area contributed by atoms with Crippen LogP contribution in [0.4, 0.5) is 17.6 Å². The van der Waals surface area contributed by atoms with Crippen LogP contribution < -0.4 is 4.74 Å². The molecule has 0 heterocycles. The lowest BCUT2D eigenvalue weighted by Crippen LogP contribution is -2.33. The smallest absolute Gasteiger partial charge is 0.428 e. The molecule has 0 radical (unpaired) electrons. The van der Waals surface area contributed by atoms with Gasteiger partial charge in [-0.1, -0.05) is 17.3 Å². The molecule has 1 aromatic rings. The van der Waals surface area contributed by atoms with Crippen molar-refractivity contribution in [1.29, 1.82) is 0 Å². The lowest BCUT2D eigenvalue weighted by molar-refractivity contribution is -0.253. The molecule has 7 heteroatoms. The van der Waals surface area contributed by atoms with Gasteiger partial charge in [0.1, 0.15) is 5.75 Å². The highest BCUT2D eigenvalue weighted by Crippen LogP contribution is 2.27. The maximum absolute atomic E-state index is 12.6. The van der Waals surface area contributed by atoms with Gasteiger partial charge in [-0.05, 0) is 19.1 Å². The molecule has 0 saturated carbocycles. The molecule has 0 bridgehead atoms. The molecule has 0 saturated heterocycles. The fraction of sp³-hybridized carbons (Fsp3) is 0.300. The first-order chi connectivity index (χ1) is 7.86. The van der Waals surface area contributed by atoms with Gasteiger partial charge in [-0.2, -0.15) is 17.6 Å². The van der Waals surface area contributed by atoms with Gasteiger partial charge in [-0.3, -0.25) is 0 Å². The predicted molar refractivity (Wildman–Crippen MR) is 52.0 cm³/mol. The van der Waals surface area contributed by atoms with Gasteiger partial charge in [0.15, 0.2) is 0 Å². The summed E-state index contributed by atoms with van der Waals surface area (Å²) in [6, 6.07) is 4.96. The summed E-state index contributed by atoms with van der Waals surface area (Å²) in [7, 11) is 0. The first kappa shape index (κ1) is 13.3. The summed E-state index contributed by atoms with van der Waals surface area (Å²) in [4.78, 5) is 0. The van der Waals surface area contributed by atoms with E-state index < -0.39 is 18.3 Å². The van der Waals surface area contributed by atoms with Gasteiger partial charge < -0.3 is 9.94 Å². The number of nitrogens with zero attached hydrogens (tertiary/aromatic N) is 1. The Kier molecular flexibility index (Phi) is 3.93. The van der Waals surface area contributed by atoms with Gasteiger partial charge in [0, 0.05) is 5.56 Å².